The Morgan fingerprint density at radius 2 is 0.932 bits per heavy atom. The van der Waals surface area contributed by atoms with Crippen LogP contribution in [0.1, 0.15) is 16.7 Å². The summed E-state index contributed by atoms with van der Waals surface area (Å²) < 4.78 is 12.3. The number of hydrogen-bond acceptors (Lipinski definition) is 5. The lowest BCUT2D eigenvalue weighted by atomic mass is 9.91. The lowest BCUT2D eigenvalue weighted by molar-refractivity contribution is 0.668. The van der Waals surface area contributed by atoms with E-state index in [-0.39, 0.29) is 0 Å². The minimum atomic E-state index is 0.577. The lowest BCUT2D eigenvalue weighted by Gasteiger charge is -2.12. The molecule has 6 aromatic carbocycles. The summed E-state index contributed by atoms with van der Waals surface area (Å²) in [6.45, 7) is 0. The molecular weight excluding hydrogens is 542 g/mol. The average Bonchev–Trinajstić information content (AvgIpc) is 3.64. The fourth-order valence-corrected chi connectivity index (χ4v) is 6.00. The van der Waals surface area contributed by atoms with Crippen molar-refractivity contribution < 1.29 is 8.83 Å². The van der Waals surface area contributed by atoms with Crippen LogP contribution in [0.4, 0.5) is 0 Å². The van der Waals surface area contributed by atoms with Crippen LogP contribution in [0.3, 0.4) is 0 Å². The third kappa shape index (κ3) is 3.99. The van der Waals surface area contributed by atoms with Gasteiger partial charge in [0.15, 0.2) is 0 Å². The quantitative estimate of drug-likeness (QED) is 0.214. The first-order valence-corrected chi connectivity index (χ1v) is 14.0. The van der Waals surface area contributed by atoms with Gasteiger partial charge in [0.05, 0.1) is 34.9 Å². The van der Waals surface area contributed by atoms with E-state index in [1.165, 1.54) is 0 Å². The Morgan fingerprint density at radius 3 is 1.61 bits per heavy atom. The summed E-state index contributed by atoms with van der Waals surface area (Å²) in [5.41, 5.74) is 10.4. The number of rotatable bonds is 3. The molecular formula is C39H19N3O2. The van der Waals surface area contributed by atoms with Crippen molar-refractivity contribution in [2.24, 2.45) is 0 Å². The van der Waals surface area contributed by atoms with E-state index in [2.05, 4.69) is 48.5 Å². The van der Waals surface area contributed by atoms with Crippen molar-refractivity contribution in [3.63, 3.8) is 0 Å². The molecule has 0 unspecified atom stereocenters. The van der Waals surface area contributed by atoms with Crippen molar-refractivity contribution in [2.75, 3.05) is 0 Å². The highest BCUT2D eigenvalue weighted by Crippen LogP contribution is 2.39. The Bertz CT molecular complexity index is 2600. The molecule has 0 aliphatic carbocycles. The average molecular weight is 562 g/mol. The maximum Gasteiger partial charge on any atom is 0.136 e. The van der Waals surface area contributed by atoms with Gasteiger partial charge in [-0.15, -0.1) is 0 Å². The SMILES string of the molecule is N#Cc1ccc2oc3cc(-c4cc(-c5ccc6oc7ccc(C#N)cc7c6c5)cc(-c5ccccc5C#N)c4)ccc3c2c1. The number of hydrogen-bond donors (Lipinski definition) is 0. The fraction of sp³-hybridized carbons (Fsp3) is 0. The van der Waals surface area contributed by atoms with Gasteiger partial charge < -0.3 is 8.83 Å². The van der Waals surface area contributed by atoms with Gasteiger partial charge in [0.1, 0.15) is 22.3 Å². The zero-order valence-corrected chi connectivity index (χ0v) is 23.1. The summed E-state index contributed by atoms with van der Waals surface area (Å²) in [5, 5.41) is 32.4. The van der Waals surface area contributed by atoms with Gasteiger partial charge in [-0.25, -0.2) is 0 Å². The molecule has 2 heterocycles. The van der Waals surface area contributed by atoms with Crippen LogP contribution in [0, 0.1) is 34.0 Å². The fourth-order valence-electron chi connectivity index (χ4n) is 6.00. The second-order valence-electron chi connectivity index (χ2n) is 10.7. The third-order valence-corrected chi connectivity index (χ3v) is 8.16. The van der Waals surface area contributed by atoms with Crippen molar-refractivity contribution in [1.29, 1.82) is 15.8 Å². The molecule has 0 atom stereocenters. The Balaban J connectivity index is 1.34. The molecule has 0 N–H and O–H groups in total. The van der Waals surface area contributed by atoms with Crippen LogP contribution in [0.5, 0.6) is 0 Å². The van der Waals surface area contributed by atoms with Gasteiger partial charge in [0, 0.05) is 21.5 Å². The normalized spacial score (nSPS) is 11.1. The van der Waals surface area contributed by atoms with E-state index in [1.807, 2.05) is 72.8 Å². The first kappa shape index (κ1) is 25.1. The molecule has 0 bridgehead atoms. The molecule has 8 aromatic rings. The van der Waals surface area contributed by atoms with Gasteiger partial charge in [-0.1, -0.05) is 30.3 Å². The minimum absolute atomic E-state index is 0.577. The summed E-state index contributed by atoms with van der Waals surface area (Å²) in [6, 6.07) is 43.8. The first-order valence-electron chi connectivity index (χ1n) is 14.0. The summed E-state index contributed by atoms with van der Waals surface area (Å²) >= 11 is 0. The first-order chi connectivity index (χ1) is 21.6. The van der Waals surface area contributed by atoms with Gasteiger partial charge in [0.25, 0.3) is 0 Å². The molecule has 0 saturated heterocycles. The van der Waals surface area contributed by atoms with Crippen molar-refractivity contribution in [3.05, 3.63) is 132 Å². The van der Waals surface area contributed by atoms with Crippen LogP contribution < -0.4 is 0 Å². The van der Waals surface area contributed by atoms with Crippen LogP contribution in [-0.2, 0) is 0 Å². The topological polar surface area (TPSA) is 97.7 Å². The van der Waals surface area contributed by atoms with E-state index in [0.29, 0.717) is 16.7 Å². The van der Waals surface area contributed by atoms with Crippen molar-refractivity contribution in [3.8, 4) is 51.6 Å². The predicted molar refractivity (Wildman–Crippen MR) is 171 cm³/mol. The number of nitrogens with zero attached hydrogens (tertiary/aromatic N) is 3. The lowest BCUT2D eigenvalue weighted by Crippen LogP contribution is -1.89. The molecule has 44 heavy (non-hydrogen) atoms. The van der Waals surface area contributed by atoms with Gasteiger partial charge in [-0.3, -0.25) is 0 Å². The molecule has 0 spiro atoms. The van der Waals surface area contributed by atoms with Gasteiger partial charge in [-0.05, 0) is 118 Å². The van der Waals surface area contributed by atoms with E-state index >= 15 is 0 Å². The Hall–Kier alpha value is -6.61. The number of nitriles is 3. The van der Waals surface area contributed by atoms with E-state index < -0.39 is 0 Å². The maximum atomic E-state index is 9.90. The van der Waals surface area contributed by atoms with Gasteiger partial charge >= 0.3 is 0 Å². The molecule has 202 valence electrons. The third-order valence-electron chi connectivity index (χ3n) is 8.16. The Labute approximate surface area is 251 Å². The molecule has 0 radical (unpaired) electrons. The molecule has 5 heteroatoms. The van der Waals surface area contributed by atoms with E-state index in [1.54, 1.807) is 12.1 Å². The molecule has 0 saturated carbocycles. The molecule has 5 nitrogen and oxygen atoms in total. The van der Waals surface area contributed by atoms with Crippen LogP contribution in [0.2, 0.25) is 0 Å². The largest absolute Gasteiger partial charge is 0.456 e. The molecule has 0 amide bonds. The van der Waals surface area contributed by atoms with Crippen molar-refractivity contribution in [1.82, 2.24) is 0 Å². The smallest absolute Gasteiger partial charge is 0.136 e. The van der Waals surface area contributed by atoms with Crippen LogP contribution in [0.15, 0.2) is 124 Å². The monoisotopic (exact) mass is 561 g/mol. The molecule has 0 aliphatic rings. The van der Waals surface area contributed by atoms with Crippen molar-refractivity contribution in [2.45, 2.75) is 0 Å². The van der Waals surface area contributed by atoms with Crippen molar-refractivity contribution >= 4 is 43.9 Å². The molecule has 0 aliphatic heterocycles. The van der Waals surface area contributed by atoms with E-state index in [0.717, 1.165) is 77.3 Å². The standard InChI is InChI=1S/C39H19N3O2/c40-20-23-5-10-36-33(13-23)32-9-7-26(19-39(32)44-36)29-15-28(16-30(17-29)31-4-2-1-3-27(31)22-42)25-8-12-38-35(18-25)34-14-24(21-41)6-11-37(34)43-38/h1-19H. The van der Waals surface area contributed by atoms with Gasteiger partial charge in [-0.2, -0.15) is 15.8 Å². The number of furan rings is 2. The zero-order chi connectivity index (χ0) is 29.8. The van der Waals surface area contributed by atoms with Crippen LogP contribution in [0.25, 0.3) is 77.3 Å². The highest BCUT2D eigenvalue weighted by atomic mass is 16.3. The second-order valence-corrected chi connectivity index (χ2v) is 10.7. The molecule has 2 aromatic heterocycles. The number of fused-ring (bicyclic) bond motifs is 6. The highest BCUT2D eigenvalue weighted by molar-refractivity contribution is 6.08. The highest BCUT2D eigenvalue weighted by Gasteiger charge is 2.15. The Morgan fingerprint density at radius 1 is 0.386 bits per heavy atom. The summed E-state index contributed by atoms with van der Waals surface area (Å²) in [5.74, 6) is 0. The predicted octanol–water partition coefficient (Wildman–Crippen LogP) is 10.1. The second kappa shape index (κ2) is 9.74. The van der Waals surface area contributed by atoms with E-state index in [9.17, 15) is 15.8 Å². The van der Waals surface area contributed by atoms with Crippen LogP contribution in [-0.4, -0.2) is 0 Å². The summed E-state index contributed by atoms with van der Waals surface area (Å²) in [7, 11) is 0. The molecule has 0 fully saturated rings. The molecule has 8 rings (SSSR count). The maximum absolute atomic E-state index is 9.90. The van der Waals surface area contributed by atoms with E-state index in [4.69, 9.17) is 8.83 Å². The minimum Gasteiger partial charge on any atom is -0.456 e. The van der Waals surface area contributed by atoms with Gasteiger partial charge in [0.2, 0.25) is 0 Å². The summed E-state index contributed by atoms with van der Waals surface area (Å²) in [6.07, 6.45) is 0. The van der Waals surface area contributed by atoms with Crippen LogP contribution >= 0.6 is 0 Å². The summed E-state index contributed by atoms with van der Waals surface area (Å²) in [4.78, 5) is 0. The zero-order valence-electron chi connectivity index (χ0n) is 23.1. The number of benzene rings is 6. The Kier molecular flexibility index (Phi) is 5.56.